The molecule has 0 atom stereocenters. The Morgan fingerprint density at radius 3 is 2.25 bits per heavy atom. The van der Waals surface area contributed by atoms with Gasteiger partial charge in [-0.15, -0.1) is 10.2 Å². The molecule has 2 heterocycles. The highest BCUT2D eigenvalue weighted by molar-refractivity contribution is 8.14. The zero-order chi connectivity index (χ0) is 22.3. The van der Waals surface area contributed by atoms with Crippen molar-refractivity contribution < 1.29 is 14.4 Å². The lowest BCUT2D eigenvalue weighted by molar-refractivity contribution is -0.125. The van der Waals surface area contributed by atoms with Crippen LogP contribution in [0.15, 0.2) is 65.8 Å². The minimum atomic E-state index is -0.273. The molecule has 32 heavy (non-hydrogen) atoms. The number of thioether (sulfide) groups is 2. The fourth-order valence-electron chi connectivity index (χ4n) is 3.05. The molecule has 0 aliphatic carbocycles. The molecule has 1 aliphatic heterocycles. The van der Waals surface area contributed by atoms with E-state index in [4.69, 9.17) is 0 Å². The van der Waals surface area contributed by atoms with Crippen LogP contribution in [0.1, 0.15) is 0 Å². The van der Waals surface area contributed by atoms with Crippen molar-refractivity contribution in [3.05, 3.63) is 60.7 Å². The van der Waals surface area contributed by atoms with E-state index in [2.05, 4.69) is 20.5 Å². The Balaban J connectivity index is 1.41. The number of benzene rings is 2. The summed E-state index contributed by atoms with van der Waals surface area (Å²) in [4.78, 5) is 41.2. The molecule has 0 unspecified atom stereocenters. The predicted octanol–water partition coefficient (Wildman–Crippen LogP) is 3.11. The van der Waals surface area contributed by atoms with E-state index in [-0.39, 0.29) is 41.6 Å². The number of nitrogens with zero attached hydrogens (tertiary/aromatic N) is 4. The molecule has 162 valence electrons. The van der Waals surface area contributed by atoms with Crippen LogP contribution in [-0.4, -0.2) is 61.7 Å². The molecule has 3 amide bonds. The normalized spacial score (nSPS) is 13.4. The molecule has 0 radical (unpaired) electrons. The van der Waals surface area contributed by atoms with Crippen LogP contribution in [0.3, 0.4) is 0 Å². The summed E-state index contributed by atoms with van der Waals surface area (Å²) < 4.78 is 0. The van der Waals surface area contributed by atoms with Gasteiger partial charge < -0.3 is 5.32 Å². The summed E-state index contributed by atoms with van der Waals surface area (Å²) in [6.07, 6.45) is 0. The second-order valence-electron chi connectivity index (χ2n) is 6.76. The minimum absolute atomic E-state index is 0.0945. The van der Waals surface area contributed by atoms with Gasteiger partial charge in [0.1, 0.15) is 11.4 Å². The van der Waals surface area contributed by atoms with Crippen LogP contribution in [0.5, 0.6) is 0 Å². The van der Waals surface area contributed by atoms with Crippen LogP contribution < -0.4 is 5.32 Å². The van der Waals surface area contributed by atoms with Crippen molar-refractivity contribution in [2.24, 2.45) is 0 Å². The zero-order valence-corrected chi connectivity index (χ0v) is 18.6. The molecule has 1 aliphatic rings. The maximum absolute atomic E-state index is 12.2. The molecular formula is C22H19N5O3S2. The van der Waals surface area contributed by atoms with Gasteiger partial charge >= 0.3 is 0 Å². The third kappa shape index (κ3) is 5.32. The van der Waals surface area contributed by atoms with Crippen LogP contribution in [0.2, 0.25) is 0 Å². The van der Waals surface area contributed by atoms with Gasteiger partial charge in [0.15, 0.2) is 0 Å². The molecule has 4 rings (SSSR count). The van der Waals surface area contributed by atoms with Crippen LogP contribution >= 0.6 is 23.5 Å². The molecule has 10 heteroatoms. The summed E-state index contributed by atoms with van der Waals surface area (Å²) >= 11 is 2.15. The minimum Gasteiger partial charge on any atom is -0.354 e. The van der Waals surface area contributed by atoms with E-state index in [0.717, 1.165) is 27.8 Å². The molecule has 1 saturated heterocycles. The summed E-state index contributed by atoms with van der Waals surface area (Å²) in [6, 6.07) is 19.4. The first-order valence-electron chi connectivity index (χ1n) is 9.84. The van der Waals surface area contributed by atoms with E-state index in [1.807, 2.05) is 60.7 Å². The Kier molecular flexibility index (Phi) is 7.13. The molecule has 0 saturated carbocycles. The van der Waals surface area contributed by atoms with Gasteiger partial charge in [-0.2, -0.15) is 0 Å². The number of nitrogens with one attached hydrogen (secondary N) is 1. The lowest BCUT2D eigenvalue weighted by atomic mass is 10.0. The first-order chi connectivity index (χ1) is 15.6. The Labute approximate surface area is 193 Å². The van der Waals surface area contributed by atoms with E-state index < -0.39 is 0 Å². The van der Waals surface area contributed by atoms with Crippen LogP contribution in [-0.2, 0) is 9.59 Å². The lowest BCUT2D eigenvalue weighted by Gasteiger charge is -2.13. The SMILES string of the molecule is O=C(CSc1nnc(-c2ccccc2)c(-c2ccccc2)n1)NCCN1C(=O)CSC1=O. The van der Waals surface area contributed by atoms with Crippen LogP contribution in [0.4, 0.5) is 4.79 Å². The van der Waals surface area contributed by atoms with E-state index >= 15 is 0 Å². The van der Waals surface area contributed by atoms with Crippen molar-refractivity contribution in [2.75, 3.05) is 24.6 Å². The third-order valence-corrected chi connectivity index (χ3v) is 6.29. The Hall–Kier alpha value is -3.24. The van der Waals surface area contributed by atoms with Gasteiger partial charge in [0.2, 0.25) is 17.0 Å². The number of amides is 3. The summed E-state index contributed by atoms with van der Waals surface area (Å²) in [6.45, 7) is 0.377. The van der Waals surface area contributed by atoms with E-state index in [0.29, 0.717) is 16.5 Å². The van der Waals surface area contributed by atoms with Crippen molar-refractivity contribution in [3.8, 4) is 22.5 Å². The van der Waals surface area contributed by atoms with Gasteiger partial charge in [0.05, 0.1) is 11.5 Å². The lowest BCUT2D eigenvalue weighted by Crippen LogP contribution is -2.38. The number of carbonyl (C=O) groups excluding carboxylic acids is 3. The van der Waals surface area contributed by atoms with Crippen LogP contribution in [0, 0.1) is 0 Å². The maximum Gasteiger partial charge on any atom is 0.288 e. The van der Waals surface area contributed by atoms with Crippen molar-refractivity contribution in [3.63, 3.8) is 0 Å². The van der Waals surface area contributed by atoms with Gasteiger partial charge in [-0.25, -0.2) is 4.98 Å². The quantitative estimate of drug-likeness (QED) is 0.506. The van der Waals surface area contributed by atoms with E-state index in [1.165, 1.54) is 11.8 Å². The maximum atomic E-state index is 12.2. The summed E-state index contributed by atoms with van der Waals surface area (Å²) in [5.74, 6) is -0.207. The number of hydrogen-bond acceptors (Lipinski definition) is 8. The molecule has 3 aromatic rings. The smallest absolute Gasteiger partial charge is 0.288 e. The third-order valence-electron chi connectivity index (χ3n) is 4.59. The fraction of sp³-hybridized carbons (Fsp3) is 0.182. The number of imide groups is 1. The molecule has 2 aromatic carbocycles. The average molecular weight is 466 g/mol. The number of rotatable bonds is 8. The standard InChI is InChI=1S/C22H19N5O3S2/c28-17(23-11-12-27-18(29)14-32-22(27)30)13-31-21-24-19(15-7-3-1-4-8-15)20(25-26-21)16-9-5-2-6-10-16/h1-10H,11-14H2,(H,23,28). The molecule has 1 N–H and O–H groups in total. The number of carbonyl (C=O) groups is 3. The van der Waals surface area contributed by atoms with Gasteiger partial charge in [-0.05, 0) is 0 Å². The highest BCUT2D eigenvalue weighted by Gasteiger charge is 2.29. The summed E-state index contributed by atoms with van der Waals surface area (Å²) in [5, 5.41) is 11.4. The molecule has 1 fully saturated rings. The van der Waals surface area contributed by atoms with Gasteiger partial charge in [-0.1, -0.05) is 84.2 Å². The molecule has 1 aromatic heterocycles. The Bertz CT molecular complexity index is 1110. The number of aromatic nitrogens is 3. The number of hydrogen-bond donors (Lipinski definition) is 1. The van der Waals surface area contributed by atoms with Gasteiger partial charge in [0, 0.05) is 24.2 Å². The largest absolute Gasteiger partial charge is 0.354 e. The fourth-order valence-corrected chi connectivity index (χ4v) is 4.41. The topological polar surface area (TPSA) is 105 Å². The van der Waals surface area contributed by atoms with Gasteiger partial charge in [-0.3, -0.25) is 19.3 Å². The molecular weight excluding hydrogens is 446 g/mol. The second kappa shape index (κ2) is 10.4. The first kappa shape index (κ1) is 22.0. The highest BCUT2D eigenvalue weighted by atomic mass is 32.2. The van der Waals surface area contributed by atoms with E-state index in [1.54, 1.807) is 0 Å². The van der Waals surface area contributed by atoms with Gasteiger partial charge in [0.25, 0.3) is 5.24 Å². The van der Waals surface area contributed by atoms with Crippen molar-refractivity contribution in [1.82, 2.24) is 25.4 Å². The average Bonchev–Trinajstić information content (AvgIpc) is 3.16. The second-order valence-corrected chi connectivity index (χ2v) is 8.63. The molecule has 0 bridgehead atoms. The predicted molar refractivity (Wildman–Crippen MR) is 124 cm³/mol. The van der Waals surface area contributed by atoms with E-state index in [9.17, 15) is 14.4 Å². The Morgan fingerprint density at radius 2 is 1.62 bits per heavy atom. The highest BCUT2D eigenvalue weighted by Crippen LogP contribution is 2.29. The first-order valence-corrected chi connectivity index (χ1v) is 11.8. The molecule has 0 spiro atoms. The summed E-state index contributed by atoms with van der Waals surface area (Å²) in [7, 11) is 0. The van der Waals surface area contributed by atoms with Crippen molar-refractivity contribution >= 4 is 40.6 Å². The summed E-state index contributed by atoms with van der Waals surface area (Å²) in [5.41, 5.74) is 3.18. The zero-order valence-electron chi connectivity index (χ0n) is 16.9. The molecule has 8 nitrogen and oxygen atoms in total. The Morgan fingerprint density at radius 1 is 0.969 bits per heavy atom. The van der Waals surface area contributed by atoms with Crippen LogP contribution in [0.25, 0.3) is 22.5 Å². The van der Waals surface area contributed by atoms with Crippen molar-refractivity contribution in [2.45, 2.75) is 5.16 Å². The monoisotopic (exact) mass is 465 g/mol. The van der Waals surface area contributed by atoms with Crippen molar-refractivity contribution in [1.29, 1.82) is 0 Å².